The van der Waals surface area contributed by atoms with Gasteiger partial charge in [0.1, 0.15) is 5.82 Å². The Morgan fingerprint density at radius 3 is 2.63 bits per heavy atom. The number of aromatic nitrogens is 1. The SMILES string of the molecule is Cc1ccnc(N2CCN(CC3CC3)CC2)c1CN. The minimum absolute atomic E-state index is 0.581. The van der Waals surface area contributed by atoms with Gasteiger partial charge in [-0.3, -0.25) is 4.90 Å². The maximum Gasteiger partial charge on any atom is 0.133 e. The third-order valence-corrected chi connectivity index (χ3v) is 4.36. The zero-order chi connectivity index (χ0) is 13.2. The predicted octanol–water partition coefficient (Wildman–Crippen LogP) is 1.38. The first-order valence-corrected chi connectivity index (χ1v) is 7.40. The molecule has 0 spiro atoms. The van der Waals surface area contributed by atoms with Gasteiger partial charge in [-0.05, 0) is 37.3 Å². The van der Waals surface area contributed by atoms with E-state index in [1.165, 1.54) is 30.5 Å². The molecule has 1 aliphatic heterocycles. The van der Waals surface area contributed by atoms with Crippen molar-refractivity contribution >= 4 is 5.82 Å². The standard InChI is InChI=1S/C15H24N4/c1-12-4-5-17-15(14(12)10-16)19-8-6-18(7-9-19)11-13-2-3-13/h4-5,13H,2-3,6-11,16H2,1H3. The third kappa shape index (κ3) is 2.90. The van der Waals surface area contributed by atoms with Crippen LogP contribution in [0.5, 0.6) is 0 Å². The molecule has 0 radical (unpaired) electrons. The summed E-state index contributed by atoms with van der Waals surface area (Å²) < 4.78 is 0. The van der Waals surface area contributed by atoms with Gasteiger partial charge in [0, 0.05) is 51.0 Å². The van der Waals surface area contributed by atoms with E-state index in [0.29, 0.717) is 6.54 Å². The molecule has 1 aromatic heterocycles. The smallest absolute Gasteiger partial charge is 0.133 e. The van der Waals surface area contributed by atoms with Crippen LogP contribution >= 0.6 is 0 Å². The molecule has 3 rings (SSSR count). The van der Waals surface area contributed by atoms with Crippen molar-refractivity contribution in [2.24, 2.45) is 11.7 Å². The van der Waals surface area contributed by atoms with Gasteiger partial charge < -0.3 is 10.6 Å². The Morgan fingerprint density at radius 2 is 2.00 bits per heavy atom. The molecule has 2 heterocycles. The molecule has 1 aromatic rings. The number of rotatable bonds is 4. The monoisotopic (exact) mass is 260 g/mol. The molecule has 0 atom stereocenters. The lowest BCUT2D eigenvalue weighted by Gasteiger charge is -2.36. The first-order chi connectivity index (χ1) is 9.28. The number of hydrogen-bond acceptors (Lipinski definition) is 4. The second-order valence-corrected chi connectivity index (χ2v) is 5.87. The molecule has 19 heavy (non-hydrogen) atoms. The Labute approximate surface area is 115 Å². The number of piperazine rings is 1. The highest BCUT2D eigenvalue weighted by Crippen LogP contribution is 2.30. The molecule has 1 aliphatic carbocycles. The highest BCUT2D eigenvalue weighted by atomic mass is 15.3. The molecule has 104 valence electrons. The average Bonchev–Trinajstić information content (AvgIpc) is 3.23. The van der Waals surface area contributed by atoms with Crippen LogP contribution < -0.4 is 10.6 Å². The lowest BCUT2D eigenvalue weighted by Crippen LogP contribution is -2.47. The number of anilines is 1. The van der Waals surface area contributed by atoms with Gasteiger partial charge in [0.2, 0.25) is 0 Å². The summed E-state index contributed by atoms with van der Waals surface area (Å²) in [5.74, 6) is 2.09. The maximum atomic E-state index is 5.88. The summed E-state index contributed by atoms with van der Waals surface area (Å²) in [6.45, 7) is 8.49. The Hall–Kier alpha value is -1.13. The summed E-state index contributed by atoms with van der Waals surface area (Å²) in [7, 11) is 0. The molecule has 0 bridgehead atoms. The van der Waals surface area contributed by atoms with E-state index in [1.807, 2.05) is 6.20 Å². The van der Waals surface area contributed by atoms with Crippen molar-refractivity contribution in [1.29, 1.82) is 0 Å². The van der Waals surface area contributed by atoms with Crippen LogP contribution in [0.2, 0.25) is 0 Å². The number of hydrogen-bond donors (Lipinski definition) is 1. The Balaban J connectivity index is 1.65. The van der Waals surface area contributed by atoms with Crippen LogP contribution in [-0.2, 0) is 6.54 Å². The molecule has 0 unspecified atom stereocenters. The molecular formula is C15H24N4. The van der Waals surface area contributed by atoms with Crippen molar-refractivity contribution in [1.82, 2.24) is 9.88 Å². The number of nitrogens with two attached hydrogens (primary N) is 1. The minimum Gasteiger partial charge on any atom is -0.354 e. The van der Waals surface area contributed by atoms with Crippen LogP contribution in [0.15, 0.2) is 12.3 Å². The van der Waals surface area contributed by atoms with E-state index in [9.17, 15) is 0 Å². The first-order valence-electron chi connectivity index (χ1n) is 7.40. The molecule has 4 heteroatoms. The van der Waals surface area contributed by atoms with Crippen LogP contribution in [0.4, 0.5) is 5.82 Å². The van der Waals surface area contributed by atoms with Gasteiger partial charge in [0.05, 0.1) is 0 Å². The Bertz CT molecular complexity index is 434. The molecular weight excluding hydrogens is 236 g/mol. The van der Waals surface area contributed by atoms with Gasteiger partial charge in [-0.1, -0.05) is 0 Å². The highest BCUT2D eigenvalue weighted by Gasteiger charge is 2.27. The lowest BCUT2D eigenvalue weighted by atomic mass is 10.1. The van der Waals surface area contributed by atoms with Crippen LogP contribution in [0.1, 0.15) is 24.0 Å². The summed E-state index contributed by atoms with van der Waals surface area (Å²) in [6.07, 6.45) is 4.79. The summed E-state index contributed by atoms with van der Waals surface area (Å²) >= 11 is 0. The third-order valence-electron chi connectivity index (χ3n) is 4.36. The van der Waals surface area contributed by atoms with E-state index >= 15 is 0 Å². The topological polar surface area (TPSA) is 45.4 Å². The van der Waals surface area contributed by atoms with Gasteiger partial charge in [-0.25, -0.2) is 4.98 Å². The van der Waals surface area contributed by atoms with E-state index in [2.05, 4.69) is 27.8 Å². The van der Waals surface area contributed by atoms with Crippen LogP contribution in [0.25, 0.3) is 0 Å². The average molecular weight is 260 g/mol. The maximum absolute atomic E-state index is 5.88. The molecule has 2 N–H and O–H groups in total. The largest absolute Gasteiger partial charge is 0.354 e. The van der Waals surface area contributed by atoms with Crippen LogP contribution in [0.3, 0.4) is 0 Å². The van der Waals surface area contributed by atoms with Crippen molar-refractivity contribution in [3.05, 3.63) is 23.4 Å². The summed E-state index contributed by atoms with van der Waals surface area (Å²) in [5.41, 5.74) is 8.35. The fourth-order valence-electron chi connectivity index (χ4n) is 2.91. The van der Waals surface area contributed by atoms with Gasteiger partial charge in [0.25, 0.3) is 0 Å². The molecule has 2 fully saturated rings. The van der Waals surface area contributed by atoms with E-state index in [-0.39, 0.29) is 0 Å². The van der Waals surface area contributed by atoms with Gasteiger partial charge in [-0.15, -0.1) is 0 Å². The van der Waals surface area contributed by atoms with Crippen molar-refractivity contribution < 1.29 is 0 Å². The molecule has 0 amide bonds. The molecule has 2 aliphatic rings. The van der Waals surface area contributed by atoms with E-state index < -0.39 is 0 Å². The normalized spacial score (nSPS) is 20.8. The first kappa shape index (κ1) is 12.9. The quantitative estimate of drug-likeness (QED) is 0.888. The van der Waals surface area contributed by atoms with Crippen molar-refractivity contribution in [3.63, 3.8) is 0 Å². The summed E-state index contributed by atoms with van der Waals surface area (Å²) in [6, 6.07) is 2.05. The molecule has 4 nitrogen and oxygen atoms in total. The Morgan fingerprint density at radius 1 is 1.26 bits per heavy atom. The van der Waals surface area contributed by atoms with Gasteiger partial charge >= 0.3 is 0 Å². The number of nitrogens with zero attached hydrogens (tertiary/aromatic N) is 3. The van der Waals surface area contributed by atoms with E-state index in [4.69, 9.17) is 5.73 Å². The minimum atomic E-state index is 0.581. The second kappa shape index (κ2) is 5.47. The summed E-state index contributed by atoms with van der Waals surface area (Å²) in [4.78, 5) is 9.56. The Kier molecular flexibility index (Phi) is 3.71. The molecule has 1 saturated heterocycles. The van der Waals surface area contributed by atoms with E-state index in [1.54, 1.807) is 0 Å². The van der Waals surface area contributed by atoms with Crippen LogP contribution in [-0.4, -0.2) is 42.6 Å². The number of pyridine rings is 1. The van der Waals surface area contributed by atoms with Crippen LogP contribution in [0, 0.1) is 12.8 Å². The fraction of sp³-hybridized carbons (Fsp3) is 0.667. The highest BCUT2D eigenvalue weighted by molar-refractivity contribution is 5.50. The zero-order valence-electron chi connectivity index (χ0n) is 11.8. The fourth-order valence-corrected chi connectivity index (χ4v) is 2.91. The van der Waals surface area contributed by atoms with Gasteiger partial charge in [-0.2, -0.15) is 0 Å². The zero-order valence-corrected chi connectivity index (χ0v) is 11.8. The summed E-state index contributed by atoms with van der Waals surface area (Å²) in [5, 5.41) is 0. The van der Waals surface area contributed by atoms with Crippen molar-refractivity contribution in [3.8, 4) is 0 Å². The van der Waals surface area contributed by atoms with Crippen molar-refractivity contribution in [2.45, 2.75) is 26.3 Å². The van der Waals surface area contributed by atoms with Crippen molar-refractivity contribution in [2.75, 3.05) is 37.6 Å². The van der Waals surface area contributed by atoms with Gasteiger partial charge in [0.15, 0.2) is 0 Å². The second-order valence-electron chi connectivity index (χ2n) is 5.87. The predicted molar refractivity (Wildman–Crippen MR) is 78.2 cm³/mol. The molecule has 0 aromatic carbocycles. The van der Waals surface area contributed by atoms with E-state index in [0.717, 1.165) is 37.9 Å². The molecule has 1 saturated carbocycles. The lowest BCUT2D eigenvalue weighted by molar-refractivity contribution is 0.247. The number of aryl methyl sites for hydroxylation is 1.